The van der Waals surface area contributed by atoms with Crippen LogP contribution < -0.4 is 5.56 Å². The van der Waals surface area contributed by atoms with E-state index in [0.29, 0.717) is 0 Å². The summed E-state index contributed by atoms with van der Waals surface area (Å²) in [6.07, 6.45) is -3.70. The molecule has 0 spiro atoms. The Hall–Kier alpha value is -1.59. The number of pyridine rings is 1. The van der Waals surface area contributed by atoms with Gasteiger partial charge in [-0.1, -0.05) is 0 Å². The highest BCUT2D eigenvalue weighted by molar-refractivity contribution is 5.26. The maximum absolute atomic E-state index is 12.4. The standard InChI is InChI=1S/C9H9F3N2O/c1-13-4-6-3-7(9(10,11)12)5-14(2)8(6)15/h3,5H,1,4H2,2H3. The van der Waals surface area contributed by atoms with Gasteiger partial charge in [0.15, 0.2) is 0 Å². The molecule has 0 amide bonds. The van der Waals surface area contributed by atoms with E-state index in [1.165, 1.54) is 7.05 Å². The Balaban J connectivity index is 3.36. The van der Waals surface area contributed by atoms with Crippen molar-refractivity contribution in [1.29, 1.82) is 0 Å². The van der Waals surface area contributed by atoms with Crippen molar-refractivity contribution in [1.82, 2.24) is 4.57 Å². The van der Waals surface area contributed by atoms with E-state index in [-0.39, 0.29) is 12.1 Å². The third-order valence-corrected chi connectivity index (χ3v) is 1.87. The van der Waals surface area contributed by atoms with Crippen LogP contribution in [0.2, 0.25) is 0 Å². The van der Waals surface area contributed by atoms with Crippen LogP contribution in [0.1, 0.15) is 11.1 Å². The molecule has 3 nitrogen and oxygen atoms in total. The Morgan fingerprint density at radius 2 is 2.13 bits per heavy atom. The molecule has 0 aliphatic rings. The maximum atomic E-state index is 12.4. The predicted molar refractivity (Wildman–Crippen MR) is 49.9 cm³/mol. The summed E-state index contributed by atoms with van der Waals surface area (Å²) in [6, 6.07) is 0.803. The average molecular weight is 218 g/mol. The molecule has 1 aromatic heterocycles. The topological polar surface area (TPSA) is 34.4 Å². The Morgan fingerprint density at radius 1 is 1.53 bits per heavy atom. The highest BCUT2D eigenvalue weighted by Gasteiger charge is 2.31. The number of hydrogen-bond donors (Lipinski definition) is 0. The molecule has 1 rings (SSSR count). The van der Waals surface area contributed by atoms with Crippen LogP contribution in [0.25, 0.3) is 0 Å². The predicted octanol–water partition coefficient (Wildman–Crippen LogP) is 1.60. The van der Waals surface area contributed by atoms with Gasteiger partial charge in [-0.2, -0.15) is 13.2 Å². The minimum Gasteiger partial charge on any atom is -0.318 e. The van der Waals surface area contributed by atoms with E-state index in [9.17, 15) is 18.0 Å². The second-order valence-electron chi connectivity index (χ2n) is 3.05. The Labute approximate surface area is 83.9 Å². The van der Waals surface area contributed by atoms with Gasteiger partial charge in [0.25, 0.3) is 5.56 Å². The third kappa shape index (κ3) is 2.45. The van der Waals surface area contributed by atoms with Crippen LogP contribution in [0.5, 0.6) is 0 Å². The lowest BCUT2D eigenvalue weighted by atomic mass is 10.2. The van der Waals surface area contributed by atoms with E-state index in [2.05, 4.69) is 11.7 Å². The van der Waals surface area contributed by atoms with Gasteiger partial charge in [-0.05, 0) is 12.8 Å². The van der Waals surface area contributed by atoms with E-state index >= 15 is 0 Å². The molecule has 0 radical (unpaired) electrons. The van der Waals surface area contributed by atoms with Crippen LogP contribution in [0.3, 0.4) is 0 Å². The van der Waals surface area contributed by atoms with Gasteiger partial charge in [-0.3, -0.25) is 9.79 Å². The zero-order valence-electron chi connectivity index (χ0n) is 8.01. The minimum absolute atomic E-state index is 0.0117. The van der Waals surface area contributed by atoms with Crippen LogP contribution in [0.15, 0.2) is 22.1 Å². The maximum Gasteiger partial charge on any atom is 0.417 e. The summed E-state index contributed by atoms with van der Waals surface area (Å²) >= 11 is 0. The molecule has 0 saturated heterocycles. The first-order chi connectivity index (χ1) is 6.86. The van der Waals surface area contributed by atoms with E-state index in [4.69, 9.17) is 0 Å². The first-order valence-electron chi connectivity index (χ1n) is 4.05. The van der Waals surface area contributed by atoms with Crippen LogP contribution >= 0.6 is 0 Å². The van der Waals surface area contributed by atoms with Crippen molar-refractivity contribution in [3.63, 3.8) is 0 Å². The van der Waals surface area contributed by atoms with Gasteiger partial charge in [-0.25, -0.2) is 0 Å². The van der Waals surface area contributed by atoms with Gasteiger partial charge in [-0.15, -0.1) is 0 Å². The Morgan fingerprint density at radius 3 is 2.60 bits per heavy atom. The molecule has 0 saturated carbocycles. The first-order valence-corrected chi connectivity index (χ1v) is 4.05. The van der Waals surface area contributed by atoms with Gasteiger partial charge in [0.1, 0.15) is 0 Å². The summed E-state index contributed by atoms with van der Waals surface area (Å²) in [5, 5.41) is 0. The zero-order chi connectivity index (χ0) is 11.6. The smallest absolute Gasteiger partial charge is 0.318 e. The highest BCUT2D eigenvalue weighted by atomic mass is 19.4. The molecule has 0 fully saturated rings. The summed E-state index contributed by atoms with van der Waals surface area (Å²) in [4.78, 5) is 14.7. The Kier molecular flexibility index (Phi) is 2.97. The summed E-state index contributed by atoms with van der Waals surface area (Å²) < 4.78 is 38.0. The summed E-state index contributed by atoms with van der Waals surface area (Å²) in [7, 11) is 1.27. The number of rotatable bonds is 2. The summed E-state index contributed by atoms with van der Waals surface area (Å²) in [5.74, 6) is 0. The number of aromatic nitrogens is 1. The lowest BCUT2D eigenvalue weighted by Crippen LogP contribution is -2.23. The van der Waals surface area contributed by atoms with Crippen LogP contribution in [0, 0.1) is 0 Å². The van der Waals surface area contributed by atoms with Crippen molar-refractivity contribution in [2.24, 2.45) is 12.0 Å². The summed E-state index contributed by atoms with van der Waals surface area (Å²) in [5.41, 5.74) is -1.36. The molecule has 6 heteroatoms. The fourth-order valence-corrected chi connectivity index (χ4v) is 1.17. The number of aryl methyl sites for hydroxylation is 1. The van der Waals surface area contributed by atoms with Gasteiger partial charge >= 0.3 is 6.18 Å². The zero-order valence-corrected chi connectivity index (χ0v) is 8.01. The van der Waals surface area contributed by atoms with Crippen LogP contribution in [0.4, 0.5) is 13.2 Å². The van der Waals surface area contributed by atoms with Gasteiger partial charge in [0.05, 0.1) is 12.1 Å². The third-order valence-electron chi connectivity index (χ3n) is 1.87. The molecular formula is C9H9F3N2O. The number of halogens is 3. The van der Waals surface area contributed by atoms with Crippen molar-refractivity contribution in [3.8, 4) is 0 Å². The second kappa shape index (κ2) is 3.88. The van der Waals surface area contributed by atoms with E-state index in [1.54, 1.807) is 0 Å². The van der Waals surface area contributed by atoms with Gasteiger partial charge in [0.2, 0.25) is 0 Å². The molecule has 1 heterocycles. The van der Waals surface area contributed by atoms with E-state index < -0.39 is 17.3 Å². The van der Waals surface area contributed by atoms with Crippen LogP contribution in [-0.4, -0.2) is 11.3 Å². The van der Waals surface area contributed by atoms with Crippen molar-refractivity contribution in [2.75, 3.05) is 0 Å². The largest absolute Gasteiger partial charge is 0.417 e. The molecule has 82 valence electrons. The Bertz CT molecular complexity index is 434. The number of alkyl halides is 3. The molecule has 0 bridgehead atoms. The SMILES string of the molecule is C=NCc1cc(C(F)(F)F)cn(C)c1=O. The molecule has 0 N–H and O–H groups in total. The fraction of sp³-hybridized carbons (Fsp3) is 0.333. The highest BCUT2D eigenvalue weighted by Crippen LogP contribution is 2.28. The minimum atomic E-state index is -4.46. The van der Waals surface area contributed by atoms with Crippen molar-refractivity contribution in [3.05, 3.63) is 33.7 Å². The van der Waals surface area contributed by atoms with E-state index in [1.807, 2.05) is 0 Å². The van der Waals surface area contributed by atoms with Gasteiger partial charge < -0.3 is 4.57 Å². The molecular weight excluding hydrogens is 209 g/mol. The fourth-order valence-electron chi connectivity index (χ4n) is 1.17. The molecule has 0 unspecified atom stereocenters. The normalized spacial score (nSPS) is 11.5. The lowest BCUT2D eigenvalue weighted by molar-refractivity contribution is -0.138. The second-order valence-corrected chi connectivity index (χ2v) is 3.05. The lowest BCUT2D eigenvalue weighted by Gasteiger charge is -2.09. The quantitative estimate of drug-likeness (QED) is 0.694. The molecule has 0 aliphatic heterocycles. The van der Waals surface area contributed by atoms with Crippen molar-refractivity contribution < 1.29 is 13.2 Å². The molecule has 15 heavy (non-hydrogen) atoms. The first kappa shape index (κ1) is 11.5. The molecule has 1 aromatic rings. The number of aliphatic imine (C=N–C) groups is 1. The number of hydrogen-bond acceptors (Lipinski definition) is 2. The van der Waals surface area contributed by atoms with Crippen molar-refractivity contribution in [2.45, 2.75) is 12.7 Å². The summed E-state index contributed by atoms with van der Waals surface area (Å²) in [6.45, 7) is 3.02. The average Bonchev–Trinajstić information content (AvgIpc) is 2.11. The van der Waals surface area contributed by atoms with E-state index in [0.717, 1.165) is 16.8 Å². The van der Waals surface area contributed by atoms with Crippen LogP contribution in [-0.2, 0) is 19.8 Å². The van der Waals surface area contributed by atoms with Gasteiger partial charge in [0, 0.05) is 18.8 Å². The molecule has 0 aliphatic carbocycles. The molecule has 0 atom stereocenters. The number of nitrogens with zero attached hydrogens (tertiary/aromatic N) is 2. The van der Waals surface area contributed by atoms with Crippen molar-refractivity contribution >= 4 is 6.72 Å². The molecule has 0 aromatic carbocycles. The monoisotopic (exact) mass is 218 g/mol.